The average molecular weight is 350 g/mol. The summed E-state index contributed by atoms with van der Waals surface area (Å²) in [4.78, 5) is 29.1. The number of thiazole rings is 1. The van der Waals surface area contributed by atoms with Crippen molar-refractivity contribution in [2.24, 2.45) is 7.05 Å². The predicted molar refractivity (Wildman–Crippen MR) is 89.1 cm³/mol. The Balaban J connectivity index is 1.92. The van der Waals surface area contributed by atoms with Gasteiger partial charge in [0.1, 0.15) is 15.9 Å². The summed E-state index contributed by atoms with van der Waals surface area (Å²) >= 11 is 7.03. The molecule has 2 heterocycles. The highest BCUT2D eigenvalue weighted by Gasteiger charge is 2.22. The second-order valence-electron chi connectivity index (χ2n) is 4.90. The summed E-state index contributed by atoms with van der Waals surface area (Å²) in [5.41, 5.74) is 1.72. The summed E-state index contributed by atoms with van der Waals surface area (Å²) in [6, 6.07) is 6.95. The lowest BCUT2D eigenvalue weighted by Crippen LogP contribution is -2.32. The van der Waals surface area contributed by atoms with E-state index in [9.17, 15) is 14.7 Å². The minimum absolute atomic E-state index is 0.216. The number of benzene rings is 1. The normalized spacial score (nSPS) is 10.9. The van der Waals surface area contributed by atoms with Gasteiger partial charge in [-0.15, -0.1) is 11.3 Å². The van der Waals surface area contributed by atoms with Gasteiger partial charge in [-0.2, -0.15) is 0 Å². The number of carbonyl (C=O) groups excluding carboxylic acids is 1. The van der Waals surface area contributed by atoms with Gasteiger partial charge < -0.3 is 15.0 Å². The number of nitrogens with one attached hydrogen (secondary N) is 1. The number of rotatable bonds is 3. The van der Waals surface area contributed by atoms with Gasteiger partial charge in [0.15, 0.2) is 5.75 Å². The van der Waals surface area contributed by atoms with E-state index in [1.54, 1.807) is 24.3 Å². The zero-order chi connectivity index (χ0) is 16.6. The van der Waals surface area contributed by atoms with Crippen LogP contribution in [0.4, 0.5) is 0 Å². The van der Waals surface area contributed by atoms with Crippen molar-refractivity contribution in [3.05, 3.63) is 56.3 Å². The van der Waals surface area contributed by atoms with E-state index in [1.165, 1.54) is 28.5 Å². The van der Waals surface area contributed by atoms with Gasteiger partial charge in [0.2, 0.25) is 0 Å². The molecule has 118 valence electrons. The maximum absolute atomic E-state index is 12.3. The van der Waals surface area contributed by atoms with Crippen molar-refractivity contribution >= 4 is 39.2 Å². The quantitative estimate of drug-likeness (QED) is 0.759. The van der Waals surface area contributed by atoms with Crippen molar-refractivity contribution in [2.75, 3.05) is 0 Å². The van der Waals surface area contributed by atoms with E-state index >= 15 is 0 Å². The number of aromatic nitrogens is 2. The Bertz CT molecular complexity index is 947. The summed E-state index contributed by atoms with van der Waals surface area (Å²) < 4.78 is 1.31. The maximum Gasteiger partial charge on any atom is 0.268 e. The standard InChI is InChI=1S/C15H12ClN3O3S/c1-19-14(22)10(12(20)11-15(19)23-7-18-11)13(21)17-6-8-2-4-9(16)5-3-8/h2-5,7,20H,6H2,1H3,(H,17,21). The van der Waals surface area contributed by atoms with Gasteiger partial charge in [-0.25, -0.2) is 4.98 Å². The number of aromatic hydroxyl groups is 1. The van der Waals surface area contributed by atoms with Crippen LogP contribution in [0.2, 0.25) is 5.02 Å². The number of fused-ring (bicyclic) bond motifs is 1. The molecule has 1 aromatic carbocycles. The Labute approximate surface area is 140 Å². The van der Waals surface area contributed by atoms with E-state index < -0.39 is 17.2 Å². The average Bonchev–Trinajstić information content (AvgIpc) is 3.02. The van der Waals surface area contributed by atoms with Crippen molar-refractivity contribution < 1.29 is 9.90 Å². The molecule has 0 radical (unpaired) electrons. The number of halogens is 1. The van der Waals surface area contributed by atoms with Crippen LogP contribution in [0.5, 0.6) is 5.75 Å². The van der Waals surface area contributed by atoms with Crippen molar-refractivity contribution in [1.29, 1.82) is 0 Å². The van der Waals surface area contributed by atoms with Crippen molar-refractivity contribution in [3.8, 4) is 5.75 Å². The van der Waals surface area contributed by atoms with Gasteiger partial charge in [-0.1, -0.05) is 23.7 Å². The molecule has 0 bridgehead atoms. The van der Waals surface area contributed by atoms with Crippen molar-refractivity contribution in [3.63, 3.8) is 0 Å². The fourth-order valence-electron chi connectivity index (χ4n) is 2.20. The highest BCUT2D eigenvalue weighted by Crippen LogP contribution is 2.27. The highest BCUT2D eigenvalue weighted by atomic mass is 35.5. The minimum Gasteiger partial charge on any atom is -0.505 e. The van der Waals surface area contributed by atoms with Crippen LogP contribution in [0.3, 0.4) is 0 Å². The van der Waals surface area contributed by atoms with Gasteiger partial charge in [-0.3, -0.25) is 9.59 Å². The number of hydrogen-bond acceptors (Lipinski definition) is 5. The molecule has 0 unspecified atom stereocenters. The summed E-state index contributed by atoms with van der Waals surface area (Å²) in [6.45, 7) is 0.216. The summed E-state index contributed by atoms with van der Waals surface area (Å²) in [5, 5.41) is 13.4. The van der Waals surface area contributed by atoms with Gasteiger partial charge in [0.25, 0.3) is 11.5 Å². The molecule has 23 heavy (non-hydrogen) atoms. The number of amides is 1. The van der Waals surface area contributed by atoms with Gasteiger partial charge >= 0.3 is 0 Å². The van der Waals surface area contributed by atoms with E-state index in [0.29, 0.717) is 9.85 Å². The summed E-state index contributed by atoms with van der Waals surface area (Å²) in [6.07, 6.45) is 0. The molecular formula is C15H12ClN3O3S. The second kappa shape index (κ2) is 6.02. The summed E-state index contributed by atoms with van der Waals surface area (Å²) in [7, 11) is 1.54. The fraction of sp³-hybridized carbons (Fsp3) is 0.133. The van der Waals surface area contributed by atoms with Gasteiger partial charge in [0, 0.05) is 18.6 Å². The van der Waals surface area contributed by atoms with Crippen LogP contribution in [-0.4, -0.2) is 20.6 Å². The lowest BCUT2D eigenvalue weighted by molar-refractivity contribution is 0.0946. The van der Waals surface area contributed by atoms with E-state index in [0.717, 1.165) is 5.56 Å². The van der Waals surface area contributed by atoms with Gasteiger partial charge in [0.05, 0.1) is 5.51 Å². The molecule has 0 atom stereocenters. The summed E-state index contributed by atoms with van der Waals surface area (Å²) in [5.74, 6) is -1.04. The molecule has 3 aromatic rings. The number of pyridine rings is 1. The molecular weight excluding hydrogens is 338 g/mol. The van der Waals surface area contributed by atoms with Crippen LogP contribution in [0, 0.1) is 0 Å². The van der Waals surface area contributed by atoms with Crippen LogP contribution in [0.15, 0.2) is 34.6 Å². The van der Waals surface area contributed by atoms with E-state index in [2.05, 4.69) is 10.3 Å². The zero-order valence-electron chi connectivity index (χ0n) is 12.0. The number of hydrogen-bond donors (Lipinski definition) is 2. The van der Waals surface area contributed by atoms with E-state index in [4.69, 9.17) is 11.6 Å². The first-order chi connectivity index (χ1) is 11.0. The Morgan fingerprint density at radius 1 is 1.39 bits per heavy atom. The predicted octanol–water partition coefficient (Wildman–Crippen LogP) is 2.28. The third-order valence-electron chi connectivity index (χ3n) is 3.43. The Morgan fingerprint density at radius 2 is 2.09 bits per heavy atom. The first kappa shape index (κ1) is 15.5. The molecule has 0 aliphatic rings. The molecule has 0 spiro atoms. The maximum atomic E-state index is 12.3. The third kappa shape index (κ3) is 2.80. The van der Waals surface area contributed by atoms with Crippen LogP contribution in [0.25, 0.3) is 10.3 Å². The molecule has 0 saturated heterocycles. The Kier molecular flexibility index (Phi) is 4.06. The van der Waals surface area contributed by atoms with Crippen LogP contribution < -0.4 is 10.9 Å². The Morgan fingerprint density at radius 3 is 2.78 bits per heavy atom. The lowest BCUT2D eigenvalue weighted by atomic mass is 10.2. The Hall–Kier alpha value is -2.38. The fourth-order valence-corrected chi connectivity index (χ4v) is 3.08. The zero-order valence-corrected chi connectivity index (χ0v) is 13.6. The van der Waals surface area contributed by atoms with Crippen LogP contribution in [0.1, 0.15) is 15.9 Å². The molecule has 2 aromatic heterocycles. The van der Waals surface area contributed by atoms with Crippen molar-refractivity contribution in [1.82, 2.24) is 14.9 Å². The molecule has 3 rings (SSSR count). The van der Waals surface area contributed by atoms with Crippen LogP contribution in [-0.2, 0) is 13.6 Å². The topological polar surface area (TPSA) is 84.2 Å². The smallest absolute Gasteiger partial charge is 0.268 e. The van der Waals surface area contributed by atoms with Crippen LogP contribution >= 0.6 is 22.9 Å². The molecule has 0 aliphatic heterocycles. The number of nitrogens with zero attached hydrogens (tertiary/aromatic N) is 2. The highest BCUT2D eigenvalue weighted by molar-refractivity contribution is 7.16. The monoisotopic (exact) mass is 349 g/mol. The first-order valence-electron chi connectivity index (χ1n) is 6.67. The number of aryl methyl sites for hydroxylation is 1. The molecule has 6 nitrogen and oxygen atoms in total. The van der Waals surface area contributed by atoms with E-state index in [1.807, 2.05) is 0 Å². The molecule has 8 heteroatoms. The van der Waals surface area contributed by atoms with E-state index in [-0.39, 0.29) is 17.6 Å². The largest absolute Gasteiger partial charge is 0.505 e. The SMILES string of the molecule is Cn1c(=O)c(C(=O)NCc2ccc(Cl)cc2)c(O)c2ncsc21. The van der Waals surface area contributed by atoms with Gasteiger partial charge in [-0.05, 0) is 17.7 Å². The number of carbonyl (C=O) groups is 1. The van der Waals surface area contributed by atoms with Crippen molar-refractivity contribution in [2.45, 2.75) is 6.54 Å². The second-order valence-corrected chi connectivity index (χ2v) is 6.17. The molecule has 2 N–H and O–H groups in total. The minimum atomic E-state index is -0.645. The lowest BCUT2D eigenvalue weighted by Gasteiger charge is -2.09. The molecule has 0 aliphatic carbocycles. The first-order valence-corrected chi connectivity index (χ1v) is 7.92. The molecule has 0 saturated carbocycles. The molecule has 1 amide bonds. The third-order valence-corrected chi connectivity index (χ3v) is 4.58. The molecule has 0 fully saturated rings.